The Labute approximate surface area is 127 Å². The van der Waals surface area contributed by atoms with Crippen LogP contribution < -0.4 is 10.6 Å². The zero-order valence-corrected chi connectivity index (χ0v) is 13.0. The number of nitrogens with one attached hydrogen (secondary N) is 2. The van der Waals surface area contributed by atoms with Crippen molar-refractivity contribution in [1.29, 1.82) is 0 Å². The molecule has 1 fully saturated rings. The van der Waals surface area contributed by atoms with Gasteiger partial charge in [-0.1, -0.05) is 36.2 Å². The van der Waals surface area contributed by atoms with Crippen molar-refractivity contribution in [2.45, 2.75) is 32.6 Å². The topological polar surface area (TPSA) is 44.4 Å². The van der Waals surface area contributed by atoms with Gasteiger partial charge in [-0.25, -0.2) is 4.79 Å². The maximum atomic E-state index is 11.7. The number of piperidine rings is 1. The average Bonchev–Trinajstić information content (AvgIpc) is 2.48. The van der Waals surface area contributed by atoms with Crippen LogP contribution in [0.2, 0.25) is 0 Å². The molecule has 0 aliphatic carbocycles. The molecule has 0 atom stereocenters. The Morgan fingerprint density at radius 1 is 1.14 bits per heavy atom. The van der Waals surface area contributed by atoms with Gasteiger partial charge in [0, 0.05) is 19.6 Å². The molecule has 0 bridgehead atoms. The molecule has 1 heterocycles. The molecule has 0 aromatic heterocycles. The normalized spacial score (nSPS) is 15.7. The Balaban J connectivity index is 1.55. The van der Waals surface area contributed by atoms with E-state index < -0.39 is 0 Å². The summed E-state index contributed by atoms with van der Waals surface area (Å²) in [6.45, 7) is 6.82. The number of carbonyl (C=O) groups is 1. The largest absolute Gasteiger partial charge is 0.338 e. The maximum absolute atomic E-state index is 11.7. The zero-order valence-electron chi connectivity index (χ0n) is 13.0. The zero-order chi connectivity index (χ0) is 14.9. The summed E-state index contributed by atoms with van der Waals surface area (Å²) in [5, 5.41) is 5.86. The molecule has 1 saturated heterocycles. The van der Waals surface area contributed by atoms with Gasteiger partial charge in [-0.15, -0.1) is 0 Å². The second kappa shape index (κ2) is 8.67. The third-order valence-electron chi connectivity index (χ3n) is 3.94. The van der Waals surface area contributed by atoms with Crippen LogP contribution in [0.4, 0.5) is 4.79 Å². The molecule has 0 radical (unpaired) electrons. The van der Waals surface area contributed by atoms with Gasteiger partial charge in [0.1, 0.15) is 0 Å². The van der Waals surface area contributed by atoms with Crippen LogP contribution in [-0.2, 0) is 6.42 Å². The van der Waals surface area contributed by atoms with Crippen LogP contribution in [0.5, 0.6) is 0 Å². The monoisotopic (exact) mass is 289 g/mol. The summed E-state index contributed by atoms with van der Waals surface area (Å²) in [4.78, 5) is 14.1. The third-order valence-corrected chi connectivity index (χ3v) is 3.94. The lowest BCUT2D eigenvalue weighted by Gasteiger charge is -2.26. The van der Waals surface area contributed by atoms with E-state index in [1.807, 2.05) is 0 Å². The van der Waals surface area contributed by atoms with Gasteiger partial charge < -0.3 is 15.5 Å². The van der Waals surface area contributed by atoms with E-state index >= 15 is 0 Å². The first-order chi connectivity index (χ1) is 10.2. The predicted octanol–water partition coefficient (Wildman–Crippen LogP) is 2.32. The predicted molar refractivity (Wildman–Crippen MR) is 86.6 cm³/mol. The lowest BCUT2D eigenvalue weighted by Crippen LogP contribution is -2.42. The molecule has 2 N–H and O–H groups in total. The summed E-state index contributed by atoms with van der Waals surface area (Å²) >= 11 is 0. The molecule has 0 unspecified atom stereocenters. The summed E-state index contributed by atoms with van der Waals surface area (Å²) in [5.41, 5.74) is 2.53. The Morgan fingerprint density at radius 2 is 1.90 bits per heavy atom. The Morgan fingerprint density at radius 3 is 2.67 bits per heavy atom. The van der Waals surface area contributed by atoms with E-state index in [2.05, 4.69) is 46.7 Å². The van der Waals surface area contributed by atoms with Crippen LogP contribution in [0, 0.1) is 6.92 Å². The SMILES string of the molecule is Cc1cccc(CCNC(=O)NCCN2CCCCC2)c1. The minimum absolute atomic E-state index is 0.0559. The minimum Gasteiger partial charge on any atom is -0.338 e. The summed E-state index contributed by atoms with van der Waals surface area (Å²) in [7, 11) is 0. The number of rotatable bonds is 6. The van der Waals surface area contributed by atoms with Gasteiger partial charge in [0.15, 0.2) is 0 Å². The molecule has 0 saturated carbocycles. The van der Waals surface area contributed by atoms with E-state index in [1.54, 1.807) is 0 Å². The standard InChI is InChI=1S/C17H27N3O/c1-15-6-5-7-16(14-15)8-9-18-17(21)19-10-13-20-11-3-2-4-12-20/h5-7,14H,2-4,8-13H2,1H3,(H2,18,19,21). The summed E-state index contributed by atoms with van der Waals surface area (Å²) in [6, 6.07) is 8.35. The van der Waals surface area contributed by atoms with E-state index in [-0.39, 0.29) is 6.03 Å². The fourth-order valence-electron chi connectivity index (χ4n) is 2.76. The lowest BCUT2D eigenvalue weighted by molar-refractivity contribution is 0.220. The van der Waals surface area contributed by atoms with Crippen molar-refractivity contribution in [3.05, 3.63) is 35.4 Å². The highest BCUT2D eigenvalue weighted by Crippen LogP contribution is 2.07. The van der Waals surface area contributed by atoms with Gasteiger partial charge in [-0.2, -0.15) is 0 Å². The van der Waals surface area contributed by atoms with Crippen LogP contribution in [0.3, 0.4) is 0 Å². The van der Waals surface area contributed by atoms with Gasteiger partial charge in [0.2, 0.25) is 0 Å². The van der Waals surface area contributed by atoms with Gasteiger partial charge >= 0.3 is 6.03 Å². The third kappa shape index (κ3) is 6.17. The molecule has 2 rings (SSSR count). The highest BCUT2D eigenvalue weighted by molar-refractivity contribution is 5.73. The summed E-state index contributed by atoms with van der Waals surface area (Å²) in [6.07, 6.45) is 4.82. The molecule has 4 nitrogen and oxygen atoms in total. The van der Waals surface area contributed by atoms with Crippen molar-refractivity contribution >= 4 is 6.03 Å². The van der Waals surface area contributed by atoms with E-state index in [0.717, 1.165) is 19.5 Å². The maximum Gasteiger partial charge on any atom is 0.314 e. The van der Waals surface area contributed by atoms with Crippen molar-refractivity contribution < 1.29 is 4.79 Å². The second-order valence-corrected chi connectivity index (χ2v) is 5.82. The molecular weight excluding hydrogens is 262 g/mol. The van der Waals surface area contributed by atoms with E-state index in [4.69, 9.17) is 0 Å². The molecule has 21 heavy (non-hydrogen) atoms. The van der Waals surface area contributed by atoms with Crippen LogP contribution in [-0.4, -0.2) is 43.7 Å². The number of likely N-dealkylation sites (tertiary alicyclic amines) is 1. The molecule has 1 aromatic rings. The van der Waals surface area contributed by atoms with Crippen molar-refractivity contribution in [1.82, 2.24) is 15.5 Å². The highest BCUT2D eigenvalue weighted by Gasteiger charge is 2.09. The van der Waals surface area contributed by atoms with E-state index in [9.17, 15) is 4.79 Å². The van der Waals surface area contributed by atoms with Gasteiger partial charge in [-0.05, 0) is 44.8 Å². The Bertz CT molecular complexity index is 441. The van der Waals surface area contributed by atoms with Crippen molar-refractivity contribution in [2.24, 2.45) is 0 Å². The number of hydrogen-bond acceptors (Lipinski definition) is 2. The van der Waals surface area contributed by atoms with Gasteiger partial charge in [0.25, 0.3) is 0 Å². The number of amides is 2. The second-order valence-electron chi connectivity index (χ2n) is 5.82. The number of nitrogens with zero attached hydrogens (tertiary/aromatic N) is 1. The van der Waals surface area contributed by atoms with Gasteiger partial charge in [-0.3, -0.25) is 0 Å². The molecule has 116 valence electrons. The van der Waals surface area contributed by atoms with Crippen molar-refractivity contribution in [3.8, 4) is 0 Å². The van der Waals surface area contributed by atoms with Crippen LogP contribution in [0.1, 0.15) is 30.4 Å². The Kier molecular flexibility index (Phi) is 6.54. The number of aryl methyl sites for hydroxylation is 1. The van der Waals surface area contributed by atoms with E-state index in [1.165, 1.54) is 43.5 Å². The van der Waals surface area contributed by atoms with Crippen LogP contribution >= 0.6 is 0 Å². The molecule has 1 aliphatic heterocycles. The average molecular weight is 289 g/mol. The number of carbonyl (C=O) groups excluding carboxylic acids is 1. The van der Waals surface area contributed by atoms with Crippen molar-refractivity contribution in [2.75, 3.05) is 32.7 Å². The molecule has 1 aromatic carbocycles. The van der Waals surface area contributed by atoms with Crippen LogP contribution in [0.25, 0.3) is 0 Å². The molecular formula is C17H27N3O. The Hall–Kier alpha value is -1.55. The molecule has 1 aliphatic rings. The number of benzene rings is 1. The fourth-order valence-corrected chi connectivity index (χ4v) is 2.76. The summed E-state index contributed by atoms with van der Waals surface area (Å²) < 4.78 is 0. The molecule has 0 spiro atoms. The smallest absolute Gasteiger partial charge is 0.314 e. The van der Waals surface area contributed by atoms with Crippen molar-refractivity contribution in [3.63, 3.8) is 0 Å². The number of urea groups is 1. The number of hydrogen-bond donors (Lipinski definition) is 2. The van der Waals surface area contributed by atoms with Gasteiger partial charge in [0.05, 0.1) is 0 Å². The molecule has 2 amide bonds. The van der Waals surface area contributed by atoms with E-state index in [0.29, 0.717) is 6.54 Å². The summed E-state index contributed by atoms with van der Waals surface area (Å²) in [5.74, 6) is 0. The first-order valence-electron chi connectivity index (χ1n) is 8.03. The molecule has 4 heteroatoms. The first kappa shape index (κ1) is 15.8. The highest BCUT2D eigenvalue weighted by atomic mass is 16.2. The first-order valence-corrected chi connectivity index (χ1v) is 8.03. The quantitative estimate of drug-likeness (QED) is 0.844. The lowest BCUT2D eigenvalue weighted by atomic mass is 10.1. The fraction of sp³-hybridized carbons (Fsp3) is 0.588. The minimum atomic E-state index is -0.0559. The van der Waals surface area contributed by atoms with Crippen LogP contribution in [0.15, 0.2) is 24.3 Å².